The van der Waals surface area contributed by atoms with E-state index in [0.29, 0.717) is 5.75 Å². The van der Waals surface area contributed by atoms with Crippen LogP contribution in [0.15, 0.2) is 18.3 Å². The van der Waals surface area contributed by atoms with Crippen LogP contribution in [0.5, 0.6) is 0 Å². The lowest BCUT2D eigenvalue weighted by Crippen LogP contribution is -1.94. The molecule has 0 aromatic carbocycles. The van der Waals surface area contributed by atoms with Gasteiger partial charge in [-0.1, -0.05) is 10.8 Å². The molecule has 2 rings (SSSR count). The zero-order valence-electron chi connectivity index (χ0n) is 6.80. The molecular weight excluding hydrogens is 206 g/mol. The molecule has 2 aliphatic rings. The minimum atomic E-state index is -0.762. The van der Waals surface area contributed by atoms with Crippen molar-refractivity contribution in [3.05, 3.63) is 18.3 Å². The fraction of sp³-hybridized carbons (Fsp3) is 0.250. The van der Waals surface area contributed by atoms with Crippen LogP contribution in [-0.4, -0.2) is 21.8 Å². The Morgan fingerprint density at radius 2 is 2.46 bits per heavy atom. The van der Waals surface area contributed by atoms with Gasteiger partial charge in [0.2, 0.25) is 0 Å². The van der Waals surface area contributed by atoms with Gasteiger partial charge in [0, 0.05) is 17.5 Å². The molecule has 0 amide bonds. The van der Waals surface area contributed by atoms with Crippen LogP contribution in [0.25, 0.3) is 11.3 Å². The highest BCUT2D eigenvalue weighted by atomic mass is 33.1. The molecule has 1 heterocycles. The number of hydrogen-bond acceptors (Lipinski definition) is 4. The number of pyridine rings is 1. The van der Waals surface area contributed by atoms with E-state index >= 15 is 0 Å². The number of fused-ring (bicyclic) bond motifs is 1. The standard InChI is InChI=1S/C5H3N.C3H6O2S2/c1-2-6-5-3-4(1)5;4-3(5)1-2-7-6/h1-3H;6H,1-2H2,(H,4,5). The lowest BCUT2D eigenvalue weighted by molar-refractivity contribution is -0.136. The first-order valence-electron chi connectivity index (χ1n) is 3.68. The van der Waals surface area contributed by atoms with E-state index in [-0.39, 0.29) is 6.42 Å². The smallest absolute Gasteiger partial charge is 0.304 e. The molecule has 0 aromatic rings. The van der Waals surface area contributed by atoms with Crippen LogP contribution < -0.4 is 0 Å². The summed E-state index contributed by atoms with van der Waals surface area (Å²) in [7, 11) is 1.24. The van der Waals surface area contributed by atoms with Crippen molar-refractivity contribution in [3.8, 4) is 11.3 Å². The van der Waals surface area contributed by atoms with Crippen molar-refractivity contribution in [2.75, 3.05) is 5.75 Å². The van der Waals surface area contributed by atoms with Gasteiger partial charge >= 0.3 is 5.97 Å². The van der Waals surface area contributed by atoms with Gasteiger partial charge in [-0.15, -0.1) is 11.7 Å². The van der Waals surface area contributed by atoms with E-state index in [9.17, 15) is 4.79 Å². The molecule has 0 bridgehead atoms. The Morgan fingerprint density at radius 1 is 1.69 bits per heavy atom. The van der Waals surface area contributed by atoms with Crippen molar-refractivity contribution in [2.45, 2.75) is 6.42 Å². The van der Waals surface area contributed by atoms with Gasteiger partial charge in [-0.25, -0.2) is 0 Å². The summed E-state index contributed by atoms with van der Waals surface area (Å²) in [5, 5.41) is 8.00. The first-order valence-corrected chi connectivity index (χ1v) is 5.72. The third-order valence-electron chi connectivity index (χ3n) is 1.38. The van der Waals surface area contributed by atoms with Crippen molar-refractivity contribution in [2.24, 2.45) is 0 Å². The number of aromatic nitrogens is 1. The summed E-state index contributed by atoms with van der Waals surface area (Å²) in [6.07, 6.45) is 2.03. The Bertz CT molecular complexity index is 287. The topological polar surface area (TPSA) is 50.2 Å². The van der Waals surface area contributed by atoms with Crippen molar-refractivity contribution in [1.82, 2.24) is 4.98 Å². The molecule has 1 N–H and O–H groups in total. The molecule has 0 unspecified atom stereocenters. The minimum absolute atomic E-state index is 0.203. The van der Waals surface area contributed by atoms with Gasteiger partial charge < -0.3 is 5.11 Å². The molecule has 0 atom stereocenters. The SMILES string of the molecule is O=C(O)CCSS.c1cc2cc-2n1. The predicted octanol–water partition coefficient (Wildman–Crippen LogP) is 2.10. The number of rotatable bonds is 3. The molecule has 70 valence electrons. The summed E-state index contributed by atoms with van der Waals surface area (Å²) < 4.78 is 0. The van der Waals surface area contributed by atoms with Gasteiger partial charge in [-0.05, 0) is 12.1 Å². The van der Waals surface area contributed by atoms with Gasteiger partial charge in [0.05, 0.1) is 12.1 Å². The summed E-state index contributed by atoms with van der Waals surface area (Å²) in [6, 6.07) is 4.06. The van der Waals surface area contributed by atoms with Crippen LogP contribution in [0.1, 0.15) is 6.42 Å². The number of aliphatic carboxylic acids is 1. The zero-order valence-corrected chi connectivity index (χ0v) is 8.52. The highest BCUT2D eigenvalue weighted by Gasteiger charge is 2.09. The van der Waals surface area contributed by atoms with E-state index in [1.165, 1.54) is 22.1 Å². The Morgan fingerprint density at radius 3 is 2.62 bits per heavy atom. The number of carboxylic acids is 1. The van der Waals surface area contributed by atoms with E-state index < -0.39 is 5.97 Å². The Hall–Kier alpha value is -0.680. The number of thiol groups is 1. The van der Waals surface area contributed by atoms with Crippen LogP contribution in [0, 0.1) is 0 Å². The Balaban J connectivity index is 0.000000130. The molecule has 0 saturated carbocycles. The number of carboxylic acid groups (broad SMARTS) is 1. The summed E-state index contributed by atoms with van der Waals surface area (Å²) >= 11 is 3.75. The van der Waals surface area contributed by atoms with Crippen molar-refractivity contribution in [3.63, 3.8) is 0 Å². The fourth-order valence-electron chi connectivity index (χ4n) is 0.687. The van der Waals surface area contributed by atoms with Gasteiger partial charge in [-0.2, -0.15) is 0 Å². The normalized spacial score (nSPS) is 9.92. The molecule has 0 spiro atoms. The monoisotopic (exact) mass is 215 g/mol. The van der Waals surface area contributed by atoms with Gasteiger partial charge in [0.25, 0.3) is 0 Å². The number of nitrogens with zero attached hydrogens (tertiary/aromatic N) is 1. The first-order chi connectivity index (χ1) is 6.24. The maximum Gasteiger partial charge on any atom is 0.304 e. The van der Waals surface area contributed by atoms with Gasteiger partial charge in [0.1, 0.15) is 0 Å². The zero-order chi connectivity index (χ0) is 9.68. The molecule has 1 aliphatic carbocycles. The predicted molar refractivity (Wildman–Crippen MR) is 56.9 cm³/mol. The quantitative estimate of drug-likeness (QED) is 0.608. The summed E-state index contributed by atoms with van der Waals surface area (Å²) in [5.74, 6) is -0.181. The first kappa shape index (κ1) is 10.4. The Kier molecular flexibility index (Phi) is 4.11. The summed E-state index contributed by atoms with van der Waals surface area (Å²) in [5.41, 5.74) is 2.49. The van der Waals surface area contributed by atoms with Crippen molar-refractivity contribution < 1.29 is 9.90 Å². The third kappa shape index (κ3) is 4.19. The molecule has 0 radical (unpaired) electrons. The molecule has 5 heteroatoms. The van der Waals surface area contributed by atoms with E-state index in [4.69, 9.17) is 5.11 Å². The lowest BCUT2D eigenvalue weighted by atomic mass is 10.5. The minimum Gasteiger partial charge on any atom is -0.481 e. The second-order valence-electron chi connectivity index (χ2n) is 2.41. The van der Waals surface area contributed by atoms with Gasteiger partial charge in [-0.3, -0.25) is 9.78 Å². The summed E-state index contributed by atoms with van der Waals surface area (Å²) in [6.45, 7) is 0. The number of carbonyl (C=O) groups is 1. The second kappa shape index (κ2) is 5.14. The van der Waals surface area contributed by atoms with E-state index in [2.05, 4.69) is 22.7 Å². The third-order valence-corrected chi connectivity index (χ3v) is 2.31. The maximum atomic E-state index is 9.71. The lowest BCUT2D eigenvalue weighted by Gasteiger charge is -1.84. The molecule has 1 aliphatic heterocycles. The molecule has 13 heavy (non-hydrogen) atoms. The molecular formula is C8H9NO2S2. The second-order valence-corrected chi connectivity index (χ2v) is 3.85. The van der Waals surface area contributed by atoms with E-state index in [1.807, 2.05) is 12.3 Å². The highest BCUT2D eigenvalue weighted by molar-refractivity contribution is 8.68. The molecule has 3 nitrogen and oxygen atoms in total. The molecule has 0 aromatic heterocycles. The largest absolute Gasteiger partial charge is 0.481 e. The average Bonchev–Trinajstić information content (AvgIpc) is 2.72. The molecule has 0 saturated heterocycles. The van der Waals surface area contributed by atoms with E-state index in [1.54, 1.807) is 0 Å². The van der Waals surface area contributed by atoms with Crippen molar-refractivity contribution >= 4 is 28.4 Å². The average molecular weight is 215 g/mol. The van der Waals surface area contributed by atoms with Gasteiger partial charge in [0.15, 0.2) is 0 Å². The van der Waals surface area contributed by atoms with Crippen LogP contribution in [0.4, 0.5) is 0 Å². The van der Waals surface area contributed by atoms with Crippen LogP contribution in [0.3, 0.4) is 0 Å². The van der Waals surface area contributed by atoms with Crippen molar-refractivity contribution in [1.29, 1.82) is 0 Å². The van der Waals surface area contributed by atoms with E-state index in [0.717, 1.165) is 0 Å². The van der Waals surface area contributed by atoms with Crippen LogP contribution >= 0.6 is 22.5 Å². The maximum absolute atomic E-state index is 9.71. The number of hydrogen-bond donors (Lipinski definition) is 2. The van der Waals surface area contributed by atoms with Crippen LogP contribution in [0.2, 0.25) is 0 Å². The van der Waals surface area contributed by atoms with Crippen LogP contribution in [-0.2, 0) is 4.79 Å². The fourth-order valence-corrected chi connectivity index (χ4v) is 1.23. The summed E-state index contributed by atoms with van der Waals surface area (Å²) in [4.78, 5) is 13.7. The Labute approximate surface area is 85.4 Å². The molecule has 0 fully saturated rings. The highest BCUT2D eigenvalue weighted by Crippen LogP contribution is 2.29.